The van der Waals surface area contributed by atoms with Crippen molar-refractivity contribution >= 4 is 35.0 Å². The van der Waals surface area contributed by atoms with Crippen LogP contribution in [0.25, 0.3) is 0 Å². The molecule has 0 heterocycles. The molecule has 2 N–H and O–H groups in total. The second-order valence-corrected chi connectivity index (χ2v) is 5.80. The smallest absolute Gasteiger partial charge is 0.309 e. The average molecular weight is 365 g/mol. The second-order valence-electron chi connectivity index (χ2n) is 5.18. The third-order valence-electron chi connectivity index (χ3n) is 3.53. The Morgan fingerprint density at radius 2 is 1.04 bits per heavy atom. The lowest BCUT2D eigenvalue weighted by molar-refractivity contribution is -0.140. The van der Waals surface area contributed by atoms with Gasteiger partial charge in [-0.3, -0.25) is 9.59 Å². The fourth-order valence-electron chi connectivity index (χ4n) is 2.24. The minimum absolute atomic E-state index is 0.167. The Labute approximate surface area is 151 Å². The van der Waals surface area contributed by atoms with Gasteiger partial charge < -0.3 is 10.6 Å². The number of hydrogen-bond acceptors (Lipinski definition) is 2. The van der Waals surface area contributed by atoms with Crippen LogP contribution in [-0.2, 0) is 9.59 Å². The van der Waals surface area contributed by atoms with Crippen molar-refractivity contribution in [3.63, 3.8) is 0 Å². The van der Waals surface area contributed by atoms with Gasteiger partial charge in [-0.05, 0) is 11.1 Å². The van der Waals surface area contributed by atoms with Gasteiger partial charge in [0.15, 0.2) is 0 Å². The van der Waals surface area contributed by atoms with E-state index in [-0.39, 0.29) is 11.8 Å². The van der Waals surface area contributed by atoms with Gasteiger partial charge in [0, 0.05) is 11.8 Å². The Morgan fingerprint density at radius 1 is 0.708 bits per heavy atom. The van der Waals surface area contributed by atoms with E-state index in [2.05, 4.69) is 10.6 Å². The zero-order valence-electron chi connectivity index (χ0n) is 12.9. The molecule has 0 unspecified atom stereocenters. The lowest BCUT2D eigenvalue weighted by atomic mass is 10.1. The van der Waals surface area contributed by atoms with Crippen LogP contribution in [0.1, 0.15) is 23.2 Å². The highest BCUT2D eigenvalue weighted by Gasteiger charge is 2.22. The SMILES string of the molecule is O=C(N[C@H](CCl)c1ccccc1)C(=O)N[C@H](CCl)c1ccccc1. The van der Waals surface area contributed by atoms with Gasteiger partial charge in [-0.15, -0.1) is 23.2 Å². The molecule has 2 rings (SSSR count). The van der Waals surface area contributed by atoms with Gasteiger partial charge in [0.25, 0.3) is 0 Å². The maximum absolute atomic E-state index is 12.1. The Hall–Kier alpha value is -2.04. The van der Waals surface area contributed by atoms with E-state index < -0.39 is 23.9 Å². The molecule has 126 valence electrons. The molecule has 2 aromatic rings. The Kier molecular flexibility index (Phi) is 7.09. The number of halogens is 2. The van der Waals surface area contributed by atoms with E-state index in [0.29, 0.717) is 0 Å². The Morgan fingerprint density at radius 3 is 1.33 bits per heavy atom. The lowest BCUT2D eigenvalue weighted by Crippen LogP contribution is -2.43. The standard InChI is InChI=1S/C18H18Cl2N2O2/c19-11-15(13-7-3-1-4-8-13)21-17(23)18(24)22-16(12-20)14-9-5-2-6-10-14/h1-10,15-16H,11-12H2,(H,21,23)(H,22,24)/t15-,16-/m1/s1. The maximum Gasteiger partial charge on any atom is 0.309 e. The van der Waals surface area contributed by atoms with Crippen LogP contribution in [-0.4, -0.2) is 23.6 Å². The Balaban J connectivity index is 1.99. The van der Waals surface area contributed by atoms with E-state index in [9.17, 15) is 9.59 Å². The summed E-state index contributed by atoms with van der Waals surface area (Å²) < 4.78 is 0. The summed E-state index contributed by atoms with van der Waals surface area (Å²) in [6.45, 7) is 0. The summed E-state index contributed by atoms with van der Waals surface area (Å²) in [5.41, 5.74) is 1.68. The van der Waals surface area contributed by atoms with Crippen molar-refractivity contribution in [3.05, 3.63) is 71.8 Å². The average Bonchev–Trinajstić information content (AvgIpc) is 2.65. The summed E-state index contributed by atoms with van der Waals surface area (Å²) in [5.74, 6) is -1.15. The first-order valence-electron chi connectivity index (χ1n) is 7.49. The van der Waals surface area contributed by atoms with Crippen LogP contribution in [0.15, 0.2) is 60.7 Å². The zero-order valence-corrected chi connectivity index (χ0v) is 14.4. The van der Waals surface area contributed by atoms with E-state index in [1.54, 1.807) is 0 Å². The Bertz CT molecular complexity index is 606. The summed E-state index contributed by atoms with van der Waals surface area (Å²) in [5, 5.41) is 5.28. The predicted octanol–water partition coefficient (Wildman–Crippen LogP) is 3.18. The van der Waals surface area contributed by atoms with E-state index in [1.165, 1.54) is 0 Å². The van der Waals surface area contributed by atoms with Gasteiger partial charge in [0.2, 0.25) is 0 Å². The normalized spacial score (nSPS) is 12.9. The molecule has 4 nitrogen and oxygen atoms in total. The number of alkyl halides is 2. The number of amides is 2. The molecular formula is C18H18Cl2N2O2. The van der Waals surface area contributed by atoms with Crippen LogP contribution in [0.3, 0.4) is 0 Å². The predicted molar refractivity (Wildman–Crippen MR) is 96.1 cm³/mol. The summed E-state index contributed by atoms with van der Waals surface area (Å²) in [6.07, 6.45) is 0. The largest absolute Gasteiger partial charge is 0.340 e. The first kappa shape index (κ1) is 18.3. The van der Waals surface area contributed by atoms with Crippen LogP contribution in [0.5, 0.6) is 0 Å². The van der Waals surface area contributed by atoms with Crippen molar-refractivity contribution < 1.29 is 9.59 Å². The number of carbonyl (C=O) groups excluding carboxylic acids is 2. The topological polar surface area (TPSA) is 58.2 Å². The first-order valence-corrected chi connectivity index (χ1v) is 8.55. The first-order chi connectivity index (χ1) is 11.7. The van der Waals surface area contributed by atoms with Crippen molar-refractivity contribution in [3.8, 4) is 0 Å². The molecule has 0 bridgehead atoms. The molecule has 0 saturated carbocycles. The van der Waals surface area contributed by atoms with Crippen molar-refractivity contribution in [2.75, 3.05) is 11.8 Å². The van der Waals surface area contributed by atoms with Gasteiger partial charge in [-0.2, -0.15) is 0 Å². The number of benzene rings is 2. The number of nitrogens with one attached hydrogen (secondary N) is 2. The maximum atomic E-state index is 12.1. The highest BCUT2D eigenvalue weighted by molar-refractivity contribution is 6.35. The number of hydrogen-bond donors (Lipinski definition) is 2. The van der Waals surface area contributed by atoms with Crippen LogP contribution in [0, 0.1) is 0 Å². The fraction of sp³-hybridized carbons (Fsp3) is 0.222. The van der Waals surface area contributed by atoms with Crippen LogP contribution in [0.4, 0.5) is 0 Å². The molecule has 2 amide bonds. The zero-order chi connectivity index (χ0) is 17.4. The van der Waals surface area contributed by atoms with Crippen molar-refractivity contribution in [1.82, 2.24) is 10.6 Å². The molecule has 0 spiro atoms. The third-order valence-corrected chi connectivity index (χ3v) is 4.15. The molecule has 2 aromatic carbocycles. The molecule has 2 atom stereocenters. The summed E-state index contributed by atoms with van der Waals surface area (Å²) in [6, 6.07) is 17.6. The number of carbonyl (C=O) groups is 2. The van der Waals surface area contributed by atoms with Gasteiger partial charge in [0.05, 0.1) is 12.1 Å². The van der Waals surface area contributed by atoms with Crippen molar-refractivity contribution in [2.45, 2.75) is 12.1 Å². The molecular weight excluding hydrogens is 347 g/mol. The van der Waals surface area contributed by atoms with Gasteiger partial charge in [-0.1, -0.05) is 60.7 Å². The molecule has 6 heteroatoms. The van der Waals surface area contributed by atoms with E-state index in [1.807, 2.05) is 60.7 Å². The molecule has 0 aliphatic rings. The van der Waals surface area contributed by atoms with Gasteiger partial charge in [0.1, 0.15) is 0 Å². The third kappa shape index (κ3) is 4.98. The minimum atomic E-state index is -0.740. The summed E-state index contributed by atoms with van der Waals surface area (Å²) in [4.78, 5) is 24.3. The van der Waals surface area contributed by atoms with Crippen molar-refractivity contribution in [2.24, 2.45) is 0 Å². The van der Waals surface area contributed by atoms with Crippen LogP contribution >= 0.6 is 23.2 Å². The highest BCUT2D eigenvalue weighted by atomic mass is 35.5. The quantitative estimate of drug-likeness (QED) is 0.610. The van der Waals surface area contributed by atoms with Gasteiger partial charge in [-0.25, -0.2) is 0 Å². The molecule has 0 saturated heterocycles. The van der Waals surface area contributed by atoms with Crippen LogP contribution < -0.4 is 10.6 Å². The van der Waals surface area contributed by atoms with E-state index in [4.69, 9.17) is 23.2 Å². The summed E-state index contributed by atoms with van der Waals surface area (Å²) >= 11 is 11.8. The monoisotopic (exact) mass is 364 g/mol. The fourth-order valence-corrected chi connectivity index (χ4v) is 2.75. The lowest BCUT2D eigenvalue weighted by Gasteiger charge is -2.19. The second kappa shape index (κ2) is 9.30. The molecule has 0 radical (unpaired) electrons. The van der Waals surface area contributed by atoms with Gasteiger partial charge >= 0.3 is 11.8 Å². The van der Waals surface area contributed by atoms with Crippen LogP contribution in [0.2, 0.25) is 0 Å². The molecule has 0 aromatic heterocycles. The summed E-state index contributed by atoms with van der Waals surface area (Å²) in [7, 11) is 0. The molecule has 24 heavy (non-hydrogen) atoms. The molecule has 0 fully saturated rings. The minimum Gasteiger partial charge on any atom is -0.340 e. The van der Waals surface area contributed by atoms with E-state index in [0.717, 1.165) is 11.1 Å². The number of rotatable bonds is 6. The highest BCUT2D eigenvalue weighted by Crippen LogP contribution is 2.15. The molecule has 0 aliphatic carbocycles. The van der Waals surface area contributed by atoms with E-state index >= 15 is 0 Å². The van der Waals surface area contributed by atoms with Crippen molar-refractivity contribution in [1.29, 1.82) is 0 Å². The molecule has 0 aliphatic heterocycles.